The highest BCUT2D eigenvalue weighted by Gasteiger charge is 2.25. The van der Waals surface area contributed by atoms with Crippen LogP contribution in [0.4, 0.5) is 0 Å². The summed E-state index contributed by atoms with van der Waals surface area (Å²) in [6.07, 6.45) is 0.821. The van der Waals surface area contributed by atoms with E-state index in [9.17, 15) is 10.1 Å². The lowest BCUT2D eigenvalue weighted by atomic mass is 9.92. The van der Waals surface area contributed by atoms with Crippen LogP contribution in [0.2, 0.25) is 0 Å². The number of benzene rings is 2. The van der Waals surface area contributed by atoms with Crippen molar-refractivity contribution in [3.8, 4) is 28.7 Å². The highest BCUT2D eigenvalue weighted by molar-refractivity contribution is 8.00. The molecule has 34 heavy (non-hydrogen) atoms. The van der Waals surface area contributed by atoms with Gasteiger partial charge in [0.2, 0.25) is 12.7 Å². The summed E-state index contributed by atoms with van der Waals surface area (Å²) in [5.41, 5.74) is 5.52. The molecule has 2 aliphatic rings. The Labute approximate surface area is 202 Å². The topological polar surface area (TPSA) is 87.5 Å². The van der Waals surface area contributed by atoms with Crippen LogP contribution in [0.1, 0.15) is 22.4 Å². The number of hydrogen-bond acceptors (Lipinski definition) is 7. The largest absolute Gasteiger partial charge is 0.454 e. The molecule has 0 saturated carbocycles. The Kier molecular flexibility index (Phi) is 6.39. The summed E-state index contributed by atoms with van der Waals surface area (Å²) in [4.78, 5) is 19.7. The Balaban J connectivity index is 1.34. The quantitative estimate of drug-likeness (QED) is 0.547. The SMILES string of the molecule is CN1CCc2nc(SCC(=O)NCc3ccc4c(c3)OCO4)c(C#N)c(-c3ccccc3)c2C1. The normalized spacial score (nSPS) is 14.4. The fourth-order valence-electron chi connectivity index (χ4n) is 4.24. The van der Waals surface area contributed by atoms with Crippen LogP contribution in [-0.4, -0.2) is 41.9 Å². The Morgan fingerprint density at radius 3 is 2.85 bits per heavy atom. The van der Waals surface area contributed by atoms with E-state index in [1.807, 2.05) is 48.5 Å². The lowest BCUT2D eigenvalue weighted by molar-refractivity contribution is -0.118. The fourth-order valence-corrected chi connectivity index (χ4v) is 5.08. The van der Waals surface area contributed by atoms with Crippen molar-refractivity contribution in [2.24, 2.45) is 0 Å². The van der Waals surface area contributed by atoms with Crippen molar-refractivity contribution < 1.29 is 14.3 Å². The second kappa shape index (κ2) is 9.75. The van der Waals surface area contributed by atoms with Gasteiger partial charge in [0.15, 0.2) is 11.5 Å². The summed E-state index contributed by atoms with van der Waals surface area (Å²) in [7, 11) is 2.08. The predicted molar refractivity (Wildman–Crippen MR) is 130 cm³/mol. The van der Waals surface area contributed by atoms with Gasteiger partial charge < -0.3 is 19.7 Å². The molecule has 0 bridgehead atoms. The maximum atomic E-state index is 12.6. The van der Waals surface area contributed by atoms with E-state index in [1.165, 1.54) is 11.8 Å². The molecule has 0 spiro atoms. The van der Waals surface area contributed by atoms with E-state index >= 15 is 0 Å². The molecular weight excluding hydrogens is 448 g/mol. The van der Waals surface area contributed by atoms with E-state index in [4.69, 9.17) is 14.5 Å². The third kappa shape index (κ3) is 4.58. The number of nitrogens with zero attached hydrogens (tertiary/aromatic N) is 3. The number of carbonyl (C=O) groups is 1. The molecular formula is C26H24N4O3S. The number of likely N-dealkylation sites (N-methyl/N-ethyl adjacent to an activating group) is 1. The monoisotopic (exact) mass is 472 g/mol. The number of nitrogens with one attached hydrogen (secondary N) is 1. The van der Waals surface area contributed by atoms with E-state index in [0.717, 1.165) is 47.5 Å². The average molecular weight is 473 g/mol. The minimum atomic E-state index is -0.118. The van der Waals surface area contributed by atoms with Gasteiger partial charge in [0.1, 0.15) is 11.1 Å². The zero-order valence-electron chi connectivity index (χ0n) is 18.8. The Hall–Kier alpha value is -3.54. The van der Waals surface area contributed by atoms with Crippen molar-refractivity contribution in [2.45, 2.75) is 24.5 Å². The second-order valence-electron chi connectivity index (χ2n) is 8.31. The van der Waals surface area contributed by atoms with Crippen molar-refractivity contribution in [2.75, 3.05) is 26.1 Å². The van der Waals surface area contributed by atoms with Gasteiger partial charge in [0, 0.05) is 37.3 Å². The van der Waals surface area contributed by atoms with Gasteiger partial charge in [0.05, 0.1) is 11.3 Å². The van der Waals surface area contributed by atoms with Crippen molar-refractivity contribution in [3.05, 3.63) is 70.9 Å². The van der Waals surface area contributed by atoms with Gasteiger partial charge in [-0.05, 0) is 35.9 Å². The van der Waals surface area contributed by atoms with E-state index < -0.39 is 0 Å². The molecule has 8 heteroatoms. The number of ether oxygens (including phenoxy) is 2. The molecule has 0 atom stereocenters. The van der Waals surface area contributed by atoms with Crippen molar-refractivity contribution in [1.82, 2.24) is 15.2 Å². The van der Waals surface area contributed by atoms with Crippen LogP contribution in [0.3, 0.4) is 0 Å². The predicted octanol–water partition coefficient (Wildman–Crippen LogP) is 3.75. The van der Waals surface area contributed by atoms with E-state index in [2.05, 4.69) is 23.3 Å². The number of amides is 1. The number of rotatable bonds is 6. The molecule has 0 aliphatic carbocycles. The molecule has 1 aromatic heterocycles. The molecule has 2 aromatic carbocycles. The first-order valence-electron chi connectivity index (χ1n) is 11.1. The highest BCUT2D eigenvalue weighted by Crippen LogP contribution is 2.37. The Bertz CT molecular complexity index is 1270. The molecule has 0 radical (unpaired) electrons. The zero-order chi connectivity index (χ0) is 23.5. The maximum Gasteiger partial charge on any atom is 0.231 e. The number of aromatic nitrogens is 1. The Morgan fingerprint density at radius 2 is 2.03 bits per heavy atom. The molecule has 3 heterocycles. The number of fused-ring (bicyclic) bond motifs is 2. The zero-order valence-corrected chi connectivity index (χ0v) is 19.7. The van der Waals surface area contributed by atoms with Crippen molar-refractivity contribution >= 4 is 17.7 Å². The molecule has 1 N–H and O–H groups in total. The molecule has 0 fully saturated rings. The van der Waals surface area contributed by atoms with Gasteiger partial charge in [-0.1, -0.05) is 48.2 Å². The summed E-state index contributed by atoms with van der Waals surface area (Å²) in [6.45, 7) is 2.28. The smallest absolute Gasteiger partial charge is 0.231 e. The Morgan fingerprint density at radius 1 is 1.21 bits per heavy atom. The number of pyridine rings is 1. The lowest BCUT2D eigenvalue weighted by Gasteiger charge is -2.28. The molecule has 7 nitrogen and oxygen atoms in total. The lowest BCUT2D eigenvalue weighted by Crippen LogP contribution is -2.28. The van der Waals surface area contributed by atoms with Crippen LogP contribution >= 0.6 is 11.8 Å². The minimum Gasteiger partial charge on any atom is -0.454 e. The van der Waals surface area contributed by atoms with Gasteiger partial charge in [-0.2, -0.15) is 5.26 Å². The van der Waals surface area contributed by atoms with Crippen LogP contribution < -0.4 is 14.8 Å². The van der Waals surface area contributed by atoms with Crippen LogP contribution in [0.5, 0.6) is 11.5 Å². The van der Waals surface area contributed by atoms with E-state index in [1.54, 1.807) is 0 Å². The number of hydrogen-bond donors (Lipinski definition) is 1. The van der Waals surface area contributed by atoms with Gasteiger partial charge >= 0.3 is 0 Å². The molecule has 3 aromatic rings. The van der Waals surface area contributed by atoms with Gasteiger partial charge in [-0.3, -0.25) is 4.79 Å². The summed E-state index contributed by atoms with van der Waals surface area (Å²) in [5, 5.41) is 13.6. The summed E-state index contributed by atoms with van der Waals surface area (Å²) >= 11 is 1.31. The third-order valence-electron chi connectivity index (χ3n) is 5.95. The molecule has 1 amide bonds. The highest BCUT2D eigenvalue weighted by atomic mass is 32.2. The van der Waals surface area contributed by atoms with Crippen molar-refractivity contribution in [1.29, 1.82) is 5.26 Å². The van der Waals surface area contributed by atoms with Crippen LogP contribution in [0, 0.1) is 11.3 Å². The van der Waals surface area contributed by atoms with Crippen molar-refractivity contribution in [3.63, 3.8) is 0 Å². The number of thioether (sulfide) groups is 1. The van der Waals surface area contributed by atoms with Gasteiger partial charge in [-0.15, -0.1) is 0 Å². The standard InChI is InChI=1S/C26H24N4O3S/c1-30-10-9-21-20(14-30)25(18-5-3-2-4-6-18)19(12-27)26(29-21)34-15-24(31)28-13-17-7-8-22-23(11-17)33-16-32-22/h2-8,11H,9-10,13-16H2,1H3,(H,28,31). The number of carbonyl (C=O) groups excluding carboxylic acids is 1. The average Bonchev–Trinajstić information content (AvgIpc) is 3.34. The summed E-state index contributed by atoms with van der Waals surface area (Å²) < 4.78 is 10.7. The first-order valence-corrected chi connectivity index (χ1v) is 12.1. The summed E-state index contributed by atoms with van der Waals surface area (Å²) in [5.74, 6) is 1.47. The van der Waals surface area contributed by atoms with Crippen LogP contribution in [0.25, 0.3) is 11.1 Å². The van der Waals surface area contributed by atoms with Crippen LogP contribution in [-0.2, 0) is 24.3 Å². The molecule has 5 rings (SSSR count). The van der Waals surface area contributed by atoms with E-state index in [0.29, 0.717) is 28.6 Å². The third-order valence-corrected chi connectivity index (χ3v) is 6.93. The second-order valence-corrected chi connectivity index (χ2v) is 9.27. The first-order chi connectivity index (χ1) is 16.6. The molecule has 2 aliphatic heterocycles. The van der Waals surface area contributed by atoms with Gasteiger partial charge in [0.25, 0.3) is 0 Å². The first kappa shape index (κ1) is 22.3. The van der Waals surface area contributed by atoms with Gasteiger partial charge in [-0.25, -0.2) is 4.98 Å². The molecule has 0 unspecified atom stereocenters. The maximum absolute atomic E-state index is 12.6. The fraction of sp³-hybridized carbons (Fsp3) is 0.269. The van der Waals surface area contributed by atoms with Crippen LogP contribution in [0.15, 0.2) is 53.6 Å². The number of nitriles is 1. The molecule has 172 valence electrons. The summed E-state index contributed by atoms with van der Waals surface area (Å²) in [6, 6.07) is 18.0. The van der Waals surface area contributed by atoms with E-state index in [-0.39, 0.29) is 18.5 Å². The minimum absolute atomic E-state index is 0.118. The molecule has 0 saturated heterocycles.